The van der Waals surface area contributed by atoms with Crippen LogP contribution in [0.5, 0.6) is 0 Å². The molecule has 16 heteroatoms. The Labute approximate surface area is 288 Å². The summed E-state index contributed by atoms with van der Waals surface area (Å²) in [6, 6.07) is 22.0. The zero-order valence-corrected chi connectivity index (χ0v) is 28.6. The molecule has 0 spiro atoms. The van der Waals surface area contributed by atoms with E-state index in [1.807, 2.05) is 49.4 Å². The number of ketones is 3. The van der Waals surface area contributed by atoms with E-state index in [0.29, 0.717) is 50.0 Å². The number of carbonyl (C=O) groups excluding carboxylic acids is 3. The SMILES string of the molecule is CC(=O)CSc1nnc(-c2cccnc2)o1.Cc1nnc(NCC(=O)c2ccccc2)s1.Cc1nnc(SCC(=O)c2ccccc2)o1. The molecule has 6 rings (SSSR count). The maximum atomic E-state index is 11.7. The van der Waals surface area contributed by atoms with Crippen LogP contribution < -0.4 is 5.32 Å². The van der Waals surface area contributed by atoms with Crippen LogP contribution in [-0.2, 0) is 4.79 Å². The first-order valence-electron chi connectivity index (χ1n) is 14.3. The van der Waals surface area contributed by atoms with Crippen LogP contribution in [0, 0.1) is 13.8 Å². The third-order valence-electron chi connectivity index (χ3n) is 5.67. The van der Waals surface area contributed by atoms with E-state index in [9.17, 15) is 14.4 Å². The monoisotopic (exact) mass is 702 g/mol. The number of thioether (sulfide) groups is 2. The molecule has 6 aromatic rings. The highest BCUT2D eigenvalue weighted by molar-refractivity contribution is 8.00. The number of benzene rings is 2. The van der Waals surface area contributed by atoms with Crippen LogP contribution in [0.1, 0.15) is 38.5 Å². The number of aromatic nitrogens is 7. The lowest BCUT2D eigenvalue weighted by atomic mass is 10.1. The summed E-state index contributed by atoms with van der Waals surface area (Å²) in [5.74, 6) is 1.76. The molecule has 13 nitrogen and oxygen atoms in total. The molecule has 0 saturated heterocycles. The lowest BCUT2D eigenvalue weighted by Gasteiger charge is -2.00. The molecule has 0 saturated carbocycles. The highest BCUT2D eigenvalue weighted by Gasteiger charge is 2.11. The average molecular weight is 703 g/mol. The van der Waals surface area contributed by atoms with Crippen molar-refractivity contribution in [2.45, 2.75) is 31.2 Å². The van der Waals surface area contributed by atoms with Gasteiger partial charge in [0.05, 0.1) is 23.6 Å². The quantitative estimate of drug-likeness (QED) is 0.111. The number of nitrogens with zero attached hydrogens (tertiary/aromatic N) is 7. The first kappa shape index (κ1) is 35.8. The topological polar surface area (TPSA) is 180 Å². The van der Waals surface area contributed by atoms with E-state index in [-0.39, 0.29) is 23.9 Å². The van der Waals surface area contributed by atoms with Gasteiger partial charge in [-0.05, 0) is 26.0 Å². The number of Topliss-reactive ketones (excluding diaryl/α,β-unsaturated/α-hetero) is 3. The fourth-order valence-electron chi connectivity index (χ4n) is 3.46. The molecular weight excluding hydrogens is 673 g/mol. The van der Waals surface area contributed by atoms with Crippen LogP contribution in [-0.4, -0.2) is 71.0 Å². The van der Waals surface area contributed by atoms with Gasteiger partial charge in [-0.25, -0.2) is 0 Å². The Hall–Kier alpha value is -5.06. The largest absolute Gasteiger partial charge is 0.416 e. The van der Waals surface area contributed by atoms with Crippen LogP contribution >= 0.6 is 34.9 Å². The predicted octanol–water partition coefficient (Wildman–Crippen LogP) is 6.31. The van der Waals surface area contributed by atoms with Crippen molar-refractivity contribution in [3.63, 3.8) is 0 Å². The zero-order chi connectivity index (χ0) is 34.1. The summed E-state index contributed by atoms with van der Waals surface area (Å²) in [5, 5.41) is 28.3. The third-order valence-corrected chi connectivity index (χ3v) is 8.24. The van der Waals surface area contributed by atoms with E-state index in [1.54, 1.807) is 49.6 Å². The van der Waals surface area contributed by atoms with Crippen LogP contribution in [0.4, 0.5) is 5.13 Å². The smallest absolute Gasteiger partial charge is 0.277 e. The zero-order valence-electron chi connectivity index (χ0n) is 26.1. The Bertz CT molecular complexity index is 1790. The highest BCUT2D eigenvalue weighted by Crippen LogP contribution is 2.22. The van der Waals surface area contributed by atoms with E-state index in [4.69, 9.17) is 8.83 Å². The minimum atomic E-state index is 0.0495. The Morgan fingerprint density at radius 3 is 1.96 bits per heavy atom. The van der Waals surface area contributed by atoms with Gasteiger partial charge in [0.25, 0.3) is 10.4 Å². The Kier molecular flexibility index (Phi) is 14.1. The summed E-state index contributed by atoms with van der Waals surface area (Å²) in [5.41, 5.74) is 2.17. The van der Waals surface area contributed by atoms with E-state index in [1.165, 1.54) is 41.8 Å². The number of pyridine rings is 1. The molecular formula is C32H30N8O5S3. The molecule has 1 N–H and O–H groups in total. The highest BCUT2D eigenvalue weighted by atomic mass is 32.2. The Morgan fingerprint density at radius 2 is 1.38 bits per heavy atom. The molecule has 2 aromatic carbocycles. The minimum Gasteiger partial charge on any atom is -0.416 e. The molecule has 48 heavy (non-hydrogen) atoms. The number of nitrogens with one attached hydrogen (secondary N) is 1. The van der Waals surface area contributed by atoms with Gasteiger partial charge < -0.3 is 14.2 Å². The second-order valence-corrected chi connectivity index (χ2v) is 12.6. The molecule has 0 unspecified atom stereocenters. The van der Waals surface area contributed by atoms with E-state index in [2.05, 4.69) is 40.9 Å². The second kappa shape index (κ2) is 18.9. The average Bonchev–Trinajstić information content (AvgIpc) is 3.88. The summed E-state index contributed by atoms with van der Waals surface area (Å²) < 4.78 is 10.5. The van der Waals surface area contributed by atoms with Crippen molar-refractivity contribution >= 4 is 57.3 Å². The predicted molar refractivity (Wildman–Crippen MR) is 183 cm³/mol. The van der Waals surface area contributed by atoms with Gasteiger partial charge in [-0.15, -0.1) is 30.6 Å². The summed E-state index contributed by atoms with van der Waals surface area (Å²) in [6.45, 7) is 5.36. The van der Waals surface area contributed by atoms with Gasteiger partial charge in [0, 0.05) is 30.4 Å². The van der Waals surface area contributed by atoms with Gasteiger partial charge in [-0.1, -0.05) is 95.5 Å². The maximum Gasteiger partial charge on any atom is 0.277 e. The summed E-state index contributed by atoms with van der Waals surface area (Å²) >= 11 is 3.93. The van der Waals surface area contributed by atoms with Crippen LogP contribution in [0.3, 0.4) is 0 Å². The summed E-state index contributed by atoms with van der Waals surface area (Å²) in [4.78, 5) is 38.2. The lowest BCUT2D eigenvalue weighted by molar-refractivity contribution is -0.114. The van der Waals surface area contributed by atoms with Crippen molar-refractivity contribution in [2.24, 2.45) is 0 Å². The van der Waals surface area contributed by atoms with E-state index >= 15 is 0 Å². The van der Waals surface area contributed by atoms with Gasteiger partial charge in [0.15, 0.2) is 11.6 Å². The Balaban J connectivity index is 0.000000163. The number of carbonyl (C=O) groups is 3. The van der Waals surface area contributed by atoms with Gasteiger partial charge in [0.1, 0.15) is 10.8 Å². The number of rotatable bonds is 12. The van der Waals surface area contributed by atoms with Crippen molar-refractivity contribution in [1.82, 2.24) is 35.6 Å². The third kappa shape index (κ3) is 12.3. The molecule has 246 valence electrons. The molecule has 4 heterocycles. The van der Waals surface area contributed by atoms with Gasteiger partial charge in [-0.3, -0.25) is 19.4 Å². The molecule has 0 aliphatic carbocycles. The first-order chi connectivity index (χ1) is 23.3. The number of hydrogen-bond donors (Lipinski definition) is 1. The van der Waals surface area contributed by atoms with Gasteiger partial charge >= 0.3 is 0 Å². The van der Waals surface area contributed by atoms with Crippen LogP contribution in [0.25, 0.3) is 11.5 Å². The molecule has 0 aliphatic heterocycles. The second-order valence-electron chi connectivity index (χ2n) is 9.54. The van der Waals surface area contributed by atoms with Gasteiger partial charge in [0.2, 0.25) is 16.9 Å². The van der Waals surface area contributed by atoms with Crippen LogP contribution in [0.2, 0.25) is 0 Å². The lowest BCUT2D eigenvalue weighted by Crippen LogP contribution is -2.13. The van der Waals surface area contributed by atoms with Crippen molar-refractivity contribution in [1.29, 1.82) is 0 Å². The maximum absolute atomic E-state index is 11.7. The molecule has 4 aromatic heterocycles. The minimum absolute atomic E-state index is 0.0495. The summed E-state index contributed by atoms with van der Waals surface area (Å²) in [6.07, 6.45) is 3.32. The van der Waals surface area contributed by atoms with E-state index in [0.717, 1.165) is 10.6 Å². The number of hydrogen-bond acceptors (Lipinski definition) is 16. The van der Waals surface area contributed by atoms with Crippen molar-refractivity contribution in [3.05, 3.63) is 107 Å². The van der Waals surface area contributed by atoms with Gasteiger partial charge in [-0.2, -0.15) is 0 Å². The van der Waals surface area contributed by atoms with E-state index < -0.39 is 0 Å². The molecule has 0 bridgehead atoms. The standard InChI is InChI=1S/C11H11N3OS.C11H10N2O2S.C10H9N3O2S/c1-8-13-14-11(16-8)12-7-10(15)9-5-3-2-4-6-9;1-8-12-13-11(15-8)16-7-10(14)9-5-3-2-4-6-9;1-7(14)6-16-10-13-12-9(15-10)8-3-2-4-11-5-8/h2-6H,7H2,1H3,(H,12,14);2-6H,7H2,1H3;2-5H,6H2,1H3. The Morgan fingerprint density at radius 1 is 0.729 bits per heavy atom. The van der Waals surface area contributed by atoms with Crippen molar-refractivity contribution in [2.75, 3.05) is 23.4 Å². The fraction of sp³-hybridized carbons (Fsp3) is 0.188. The molecule has 0 radical (unpaired) electrons. The molecule has 0 fully saturated rings. The van der Waals surface area contributed by atoms with Crippen molar-refractivity contribution in [3.8, 4) is 11.5 Å². The number of anilines is 1. The fourth-order valence-corrected chi connectivity index (χ4v) is 5.31. The number of aryl methyl sites for hydroxylation is 2. The first-order valence-corrected chi connectivity index (χ1v) is 17.0. The van der Waals surface area contributed by atoms with Crippen LogP contribution in [0.15, 0.2) is 104 Å². The van der Waals surface area contributed by atoms with Crippen molar-refractivity contribution < 1.29 is 23.2 Å². The summed E-state index contributed by atoms with van der Waals surface area (Å²) in [7, 11) is 0. The molecule has 0 aliphatic rings. The molecule has 0 amide bonds. The molecule has 0 atom stereocenters. The normalized spacial score (nSPS) is 10.2.